The van der Waals surface area contributed by atoms with Crippen LogP contribution in [0.5, 0.6) is 0 Å². The Labute approximate surface area is 587 Å². The topological polar surface area (TPSA) is 236 Å². The van der Waals surface area contributed by atoms with Gasteiger partial charge >= 0.3 is 0 Å². The summed E-state index contributed by atoms with van der Waals surface area (Å²) in [4.78, 5) is 90.6. The van der Waals surface area contributed by atoms with E-state index in [1.54, 1.807) is 50.7 Å². The van der Waals surface area contributed by atoms with Crippen molar-refractivity contribution in [1.29, 1.82) is 0 Å². The molecule has 5 aromatic heterocycles. The summed E-state index contributed by atoms with van der Waals surface area (Å²) in [6, 6.07) is 20.5. The largest absolute Gasteiger partial charge is 0.356 e. The van der Waals surface area contributed by atoms with E-state index in [2.05, 4.69) is 74.3 Å². The van der Waals surface area contributed by atoms with Crippen LogP contribution in [0.15, 0.2) is 88.3 Å². The summed E-state index contributed by atoms with van der Waals surface area (Å²) in [5.41, 5.74) is 12.4. The minimum absolute atomic E-state index is 0.0607. The maximum Gasteiger partial charge on any atom is 0.247 e. The van der Waals surface area contributed by atoms with Gasteiger partial charge in [-0.05, 0) is 153 Å². The summed E-state index contributed by atoms with van der Waals surface area (Å²) in [7, 11) is 0. The number of thiazole rings is 1. The summed E-state index contributed by atoms with van der Waals surface area (Å²) in [5.74, 6) is 2.35. The number of amides is 5. The van der Waals surface area contributed by atoms with Gasteiger partial charge < -0.3 is 26.2 Å². The first kappa shape index (κ1) is 69.9. The highest BCUT2D eigenvalue weighted by Crippen LogP contribution is 2.42. The second kappa shape index (κ2) is 31.0. The van der Waals surface area contributed by atoms with Gasteiger partial charge in [0.1, 0.15) is 45.8 Å². The molecule has 1 saturated heterocycles. The first-order valence-corrected chi connectivity index (χ1v) is 37.2. The third-order valence-electron chi connectivity index (χ3n) is 18.3. The lowest BCUT2D eigenvalue weighted by Gasteiger charge is -2.37. The summed E-state index contributed by atoms with van der Waals surface area (Å²) in [5, 5.41) is 33.7. The molecule has 504 valence electrons. The number of thiophene rings is 2. The Balaban J connectivity index is 0.680. The lowest BCUT2D eigenvalue weighted by Crippen LogP contribution is -2.59. The monoisotopic (exact) mass is 1410 g/mol. The van der Waals surface area contributed by atoms with Crippen LogP contribution in [0.25, 0.3) is 20.4 Å². The highest BCUT2D eigenvalue weighted by Gasteiger charge is 2.44. The highest BCUT2D eigenvalue weighted by atomic mass is 35.5. The van der Waals surface area contributed by atoms with Crippen LogP contribution >= 0.6 is 69.0 Å². The summed E-state index contributed by atoms with van der Waals surface area (Å²) in [6.07, 6.45) is 6.74. The number of hydrogen-bond donors (Lipinski definition) is 4. The predicted molar refractivity (Wildman–Crippen MR) is 386 cm³/mol. The molecule has 4 N–H and O–H groups in total. The quantitative estimate of drug-likeness (QED) is 0.0353. The standard InChI is InChI=1S/C71H82Cl2N14O5S4/c1-40-43(4)95-69-59(40)61(48-24-28-51(72)29-25-48)78-53(65-83-81-45(6)86(65)69)36-57(89)74-32-14-10-11-16-35-94-71(8,9)64(68(92)85-34-17-18-55(85)67(91)76-38-47-20-22-50(23-21-47)63-42(3)77-39-93-63)80-56(88)19-13-12-15-33-75-58(90)37-54-66-84-82-46(7)87(66)70-60(41(2)44(5)96-70)62(79-54)49-26-30-52(73)31-27-49/h20-31,39,53-55,64H,10-19,32-38H2,1-9H3,(H,74,89)(H,75,90)(H,76,91)(H,80,88)/t53-,54-,55-,64+/m0/s1. The van der Waals surface area contributed by atoms with Crippen molar-refractivity contribution >= 4 is 110 Å². The van der Waals surface area contributed by atoms with Crippen LogP contribution in [0, 0.1) is 48.5 Å². The first-order valence-electron chi connectivity index (χ1n) is 32.9. The minimum atomic E-state index is -0.918. The number of thioether (sulfide) groups is 1. The average Bonchev–Trinajstić information content (AvgIpc) is 1.60. The molecule has 5 amide bonds. The van der Waals surface area contributed by atoms with Crippen molar-refractivity contribution in [1.82, 2.24) is 60.7 Å². The number of rotatable bonds is 27. The Bertz CT molecular complexity index is 4220. The van der Waals surface area contributed by atoms with Gasteiger partial charge in [-0.25, -0.2) is 4.98 Å². The van der Waals surface area contributed by atoms with Crippen LogP contribution in [-0.2, 0) is 30.5 Å². The zero-order valence-electron chi connectivity index (χ0n) is 55.7. The van der Waals surface area contributed by atoms with Crippen molar-refractivity contribution in [2.45, 2.75) is 175 Å². The number of hydrogen-bond acceptors (Lipinski definition) is 16. The van der Waals surface area contributed by atoms with Crippen molar-refractivity contribution in [3.8, 4) is 20.4 Å². The van der Waals surface area contributed by atoms with E-state index in [9.17, 15) is 19.2 Å². The molecule has 25 heteroatoms. The molecule has 3 aliphatic heterocycles. The van der Waals surface area contributed by atoms with Gasteiger partial charge in [-0.15, -0.1) is 54.4 Å². The van der Waals surface area contributed by atoms with Crippen molar-refractivity contribution in [3.05, 3.63) is 166 Å². The maximum atomic E-state index is 15.0. The summed E-state index contributed by atoms with van der Waals surface area (Å²) >= 11 is 19.2. The van der Waals surface area contributed by atoms with Crippen molar-refractivity contribution in [2.75, 3.05) is 25.4 Å². The third-order valence-corrected chi connectivity index (χ3v) is 23.6. The average molecular weight is 1410 g/mol. The van der Waals surface area contributed by atoms with Crippen LogP contribution in [0.1, 0.15) is 181 Å². The van der Waals surface area contributed by atoms with E-state index in [0.29, 0.717) is 85.8 Å². The van der Waals surface area contributed by atoms with E-state index in [1.807, 2.05) is 122 Å². The van der Waals surface area contributed by atoms with E-state index < -0.39 is 28.9 Å². The Morgan fingerprint density at radius 1 is 0.625 bits per heavy atom. The molecule has 3 aromatic carbocycles. The fraction of sp³-hybridized carbons (Fsp3) is 0.437. The van der Waals surface area contributed by atoms with Gasteiger partial charge in [0.05, 0.1) is 40.3 Å². The Morgan fingerprint density at radius 2 is 1.14 bits per heavy atom. The normalized spacial score (nSPS) is 16.1. The molecule has 1 fully saturated rings. The molecular weight excluding hydrogens is 1330 g/mol. The van der Waals surface area contributed by atoms with Crippen molar-refractivity contribution < 1.29 is 24.0 Å². The number of aliphatic imine (C=N–C) groups is 2. The SMILES string of the molecule is Cc1ncsc1-c1ccc(CNC(=O)[C@@H]2CCCN2C(=O)[C@@H](NC(=O)CCCCCNC(=O)C[C@@H]2N=C(c3ccc(Cl)cc3)c3c(sc(C)c3C)-n3c(C)nnc32)C(C)(C)SCCCCCCNC(=O)C[C@@H]2N=C(c3ccc(Cl)cc3)c3c(sc(C)c3C)-n3c(C)nnc32)cc1. The Kier molecular flexibility index (Phi) is 22.6. The lowest BCUT2D eigenvalue weighted by molar-refractivity contribution is -0.142. The molecule has 96 heavy (non-hydrogen) atoms. The molecule has 11 rings (SSSR count). The predicted octanol–water partition coefficient (Wildman–Crippen LogP) is 13.5. The van der Waals surface area contributed by atoms with E-state index in [1.165, 1.54) is 4.88 Å². The molecule has 0 unspecified atom stereocenters. The van der Waals surface area contributed by atoms with Gasteiger partial charge in [-0.3, -0.25) is 43.1 Å². The molecule has 0 spiro atoms. The van der Waals surface area contributed by atoms with Crippen LogP contribution < -0.4 is 21.3 Å². The second-order valence-electron chi connectivity index (χ2n) is 25.5. The minimum Gasteiger partial charge on any atom is -0.356 e. The zero-order chi connectivity index (χ0) is 67.9. The number of nitrogens with one attached hydrogen (secondary N) is 4. The van der Waals surface area contributed by atoms with Gasteiger partial charge in [0.2, 0.25) is 29.5 Å². The molecule has 4 atom stereocenters. The van der Waals surface area contributed by atoms with E-state index >= 15 is 4.79 Å². The molecule has 0 bridgehead atoms. The number of unbranched alkanes of at least 4 members (excludes halogenated alkanes) is 5. The number of aryl methyl sites for hydroxylation is 5. The van der Waals surface area contributed by atoms with Gasteiger partial charge in [-0.2, -0.15) is 11.8 Å². The number of nitrogens with zero attached hydrogens (tertiary/aromatic N) is 10. The van der Waals surface area contributed by atoms with E-state index in [4.69, 9.17) is 33.2 Å². The van der Waals surface area contributed by atoms with E-state index in [0.717, 1.165) is 119 Å². The van der Waals surface area contributed by atoms with E-state index in [-0.39, 0.29) is 48.8 Å². The third kappa shape index (κ3) is 15.8. The molecule has 0 saturated carbocycles. The smallest absolute Gasteiger partial charge is 0.247 e. The number of carbonyl (C=O) groups is 5. The van der Waals surface area contributed by atoms with Gasteiger partial charge in [0.25, 0.3) is 0 Å². The fourth-order valence-electron chi connectivity index (χ4n) is 12.7. The number of carbonyl (C=O) groups excluding carboxylic acids is 5. The number of likely N-dealkylation sites (tertiary alicyclic amines) is 1. The summed E-state index contributed by atoms with van der Waals surface area (Å²) < 4.78 is 3.32. The lowest BCUT2D eigenvalue weighted by atomic mass is 9.99. The van der Waals surface area contributed by atoms with Crippen LogP contribution in [-0.4, -0.2) is 123 Å². The highest BCUT2D eigenvalue weighted by molar-refractivity contribution is 8.00. The van der Waals surface area contributed by atoms with Crippen LogP contribution in [0.2, 0.25) is 10.0 Å². The molecule has 19 nitrogen and oxygen atoms in total. The summed E-state index contributed by atoms with van der Waals surface area (Å²) in [6.45, 7) is 19.8. The Hall–Kier alpha value is -7.41. The maximum absolute atomic E-state index is 15.0. The first-order chi connectivity index (χ1) is 46.1. The number of benzene rings is 3. The molecule has 0 radical (unpaired) electrons. The van der Waals surface area contributed by atoms with Crippen molar-refractivity contribution in [3.63, 3.8) is 0 Å². The van der Waals surface area contributed by atoms with Crippen LogP contribution in [0.3, 0.4) is 0 Å². The number of aromatic nitrogens is 7. The van der Waals surface area contributed by atoms with Crippen LogP contribution in [0.4, 0.5) is 0 Å². The number of fused-ring (bicyclic) bond motifs is 6. The number of halogens is 2. The molecule has 8 heterocycles. The molecular formula is C71H82Cl2N14O5S4. The van der Waals surface area contributed by atoms with Gasteiger partial charge in [0, 0.05) is 79.4 Å². The Morgan fingerprint density at radius 3 is 1.66 bits per heavy atom. The second-order valence-corrected chi connectivity index (χ2v) is 31.3. The van der Waals surface area contributed by atoms with Gasteiger partial charge in [-0.1, -0.05) is 91.0 Å². The van der Waals surface area contributed by atoms with Crippen molar-refractivity contribution in [2.24, 2.45) is 9.98 Å². The van der Waals surface area contributed by atoms with Gasteiger partial charge in [0.15, 0.2) is 11.6 Å². The molecule has 8 aromatic rings. The molecule has 0 aliphatic carbocycles. The molecule has 3 aliphatic rings. The zero-order valence-corrected chi connectivity index (χ0v) is 60.5. The fourth-order valence-corrected chi connectivity index (χ4v) is 17.4.